The summed E-state index contributed by atoms with van der Waals surface area (Å²) in [5.74, 6) is 0.912. The zero-order valence-corrected chi connectivity index (χ0v) is 16.3. The minimum Gasteiger partial charge on any atom is -0.322 e. The molecule has 0 unspecified atom stereocenters. The predicted octanol–water partition coefficient (Wildman–Crippen LogP) is 4.98. The molecule has 0 saturated heterocycles. The first kappa shape index (κ1) is 17.9. The number of benzene rings is 3. The van der Waals surface area contributed by atoms with Crippen molar-refractivity contribution in [1.82, 2.24) is 19.7 Å². The van der Waals surface area contributed by atoms with Crippen LogP contribution in [0.15, 0.2) is 84.9 Å². The van der Waals surface area contributed by atoms with Crippen LogP contribution in [0.25, 0.3) is 28.1 Å². The van der Waals surface area contributed by atoms with Gasteiger partial charge in [0.25, 0.3) is 5.91 Å². The molecular weight excluding hydrogens is 374 g/mol. The van der Waals surface area contributed by atoms with E-state index in [1.54, 1.807) is 4.68 Å². The van der Waals surface area contributed by atoms with Gasteiger partial charge in [-0.25, -0.2) is 4.98 Å². The van der Waals surface area contributed by atoms with Gasteiger partial charge in [0.1, 0.15) is 5.82 Å². The number of H-pyrrole nitrogens is 1. The predicted molar refractivity (Wildman–Crippen MR) is 118 cm³/mol. The molecule has 0 fully saturated rings. The van der Waals surface area contributed by atoms with E-state index >= 15 is 0 Å². The quantitative estimate of drug-likeness (QED) is 0.452. The highest BCUT2D eigenvalue weighted by molar-refractivity contribution is 6.04. The van der Waals surface area contributed by atoms with Crippen LogP contribution in [-0.4, -0.2) is 25.7 Å². The Balaban J connectivity index is 1.41. The van der Waals surface area contributed by atoms with E-state index in [2.05, 4.69) is 20.4 Å². The van der Waals surface area contributed by atoms with Crippen LogP contribution in [0.5, 0.6) is 0 Å². The summed E-state index contributed by atoms with van der Waals surface area (Å²) >= 11 is 0. The second kappa shape index (κ2) is 7.33. The molecule has 2 N–H and O–H groups in total. The fourth-order valence-corrected chi connectivity index (χ4v) is 3.42. The molecule has 0 aliphatic heterocycles. The number of para-hydroxylation sites is 2. The number of nitrogens with zero attached hydrogens (tertiary/aromatic N) is 3. The number of fused-ring (bicyclic) bond motifs is 1. The summed E-state index contributed by atoms with van der Waals surface area (Å²) in [4.78, 5) is 20.7. The fraction of sp³-hybridized carbons (Fsp3) is 0.0417. The first-order chi connectivity index (χ1) is 14.7. The van der Waals surface area contributed by atoms with Crippen LogP contribution in [0.2, 0.25) is 0 Å². The number of imidazole rings is 1. The molecule has 146 valence electrons. The number of anilines is 1. The normalized spacial score (nSPS) is 11.0. The molecule has 3 aromatic carbocycles. The van der Waals surface area contributed by atoms with Crippen molar-refractivity contribution < 1.29 is 4.79 Å². The monoisotopic (exact) mass is 393 g/mol. The van der Waals surface area contributed by atoms with Crippen LogP contribution in [0, 0.1) is 6.92 Å². The Morgan fingerprint density at radius 3 is 2.37 bits per heavy atom. The highest BCUT2D eigenvalue weighted by atomic mass is 16.1. The van der Waals surface area contributed by atoms with Gasteiger partial charge in [0.05, 0.1) is 16.7 Å². The SMILES string of the molecule is Cc1cc(NC(=O)c2ccc(-c3ccccc3)cc2)n(-c2nc3ccccc3[nH]2)n1. The Morgan fingerprint density at radius 2 is 1.60 bits per heavy atom. The minimum absolute atomic E-state index is 0.202. The van der Waals surface area contributed by atoms with Gasteiger partial charge in [-0.2, -0.15) is 9.78 Å². The van der Waals surface area contributed by atoms with Gasteiger partial charge in [0, 0.05) is 11.6 Å². The molecule has 0 saturated carbocycles. The van der Waals surface area contributed by atoms with Gasteiger partial charge in [0.2, 0.25) is 5.95 Å². The van der Waals surface area contributed by atoms with Gasteiger partial charge in [-0.05, 0) is 42.3 Å². The average molecular weight is 393 g/mol. The van der Waals surface area contributed by atoms with Crippen LogP contribution in [0.1, 0.15) is 16.1 Å². The zero-order valence-electron chi connectivity index (χ0n) is 16.3. The van der Waals surface area contributed by atoms with Crippen LogP contribution in [0.4, 0.5) is 5.82 Å². The third-order valence-electron chi connectivity index (χ3n) is 4.90. The summed E-state index contributed by atoms with van der Waals surface area (Å²) in [5, 5.41) is 7.44. The number of hydrogen-bond acceptors (Lipinski definition) is 3. The molecule has 0 atom stereocenters. The lowest BCUT2D eigenvalue weighted by Gasteiger charge is -2.08. The Morgan fingerprint density at radius 1 is 0.900 bits per heavy atom. The highest BCUT2D eigenvalue weighted by Gasteiger charge is 2.15. The van der Waals surface area contributed by atoms with Gasteiger partial charge >= 0.3 is 0 Å². The summed E-state index contributed by atoms with van der Waals surface area (Å²) in [6.07, 6.45) is 0. The molecule has 0 radical (unpaired) electrons. The second-order valence-electron chi connectivity index (χ2n) is 7.06. The molecule has 0 aliphatic carbocycles. The van der Waals surface area contributed by atoms with Crippen molar-refractivity contribution in [3.8, 4) is 17.1 Å². The number of aromatic nitrogens is 4. The third kappa shape index (κ3) is 3.35. The molecule has 6 heteroatoms. The van der Waals surface area contributed by atoms with E-state index < -0.39 is 0 Å². The number of amides is 1. The van der Waals surface area contributed by atoms with Crippen LogP contribution in [0.3, 0.4) is 0 Å². The molecule has 2 aromatic heterocycles. The molecule has 0 aliphatic rings. The molecule has 0 spiro atoms. The van der Waals surface area contributed by atoms with E-state index in [0.717, 1.165) is 27.9 Å². The van der Waals surface area contributed by atoms with E-state index in [1.165, 1.54) is 0 Å². The fourth-order valence-electron chi connectivity index (χ4n) is 3.42. The van der Waals surface area contributed by atoms with Gasteiger partial charge < -0.3 is 10.3 Å². The van der Waals surface area contributed by atoms with Gasteiger partial charge in [-0.1, -0.05) is 54.6 Å². The Bertz CT molecular complexity index is 1300. The maximum absolute atomic E-state index is 12.8. The maximum atomic E-state index is 12.8. The topological polar surface area (TPSA) is 75.6 Å². The first-order valence-corrected chi connectivity index (χ1v) is 9.66. The van der Waals surface area contributed by atoms with Crippen molar-refractivity contribution in [3.05, 3.63) is 96.2 Å². The standard InChI is InChI=1S/C24H19N5O/c1-16-15-22(29(28-16)24-25-20-9-5-6-10-21(20)26-24)27-23(30)19-13-11-18(12-14-19)17-7-3-2-4-8-17/h2-15H,1H3,(H,25,26)(H,27,30). The molecular formula is C24H19N5O. The van der Waals surface area contributed by atoms with Crippen LogP contribution >= 0.6 is 0 Å². The van der Waals surface area contributed by atoms with E-state index in [4.69, 9.17) is 0 Å². The number of nitrogens with one attached hydrogen (secondary N) is 2. The summed E-state index contributed by atoms with van der Waals surface area (Å²) in [5.41, 5.74) is 5.29. The molecule has 5 rings (SSSR count). The smallest absolute Gasteiger partial charge is 0.256 e. The Kier molecular flexibility index (Phi) is 4.37. The van der Waals surface area contributed by atoms with Crippen molar-refractivity contribution in [2.45, 2.75) is 6.92 Å². The summed E-state index contributed by atoms with van der Waals surface area (Å²) < 4.78 is 1.62. The molecule has 5 aromatic rings. The first-order valence-electron chi connectivity index (χ1n) is 9.66. The number of carbonyl (C=O) groups is 1. The summed E-state index contributed by atoms with van der Waals surface area (Å²) in [6.45, 7) is 1.88. The van der Waals surface area contributed by atoms with E-state index in [1.807, 2.05) is 91.9 Å². The average Bonchev–Trinajstić information content (AvgIpc) is 3.37. The number of aromatic amines is 1. The number of rotatable bonds is 4. The lowest BCUT2D eigenvalue weighted by atomic mass is 10.0. The summed E-state index contributed by atoms with van der Waals surface area (Å²) in [6, 6.07) is 27.2. The van der Waals surface area contributed by atoms with Gasteiger partial charge in [0.15, 0.2) is 0 Å². The van der Waals surface area contributed by atoms with E-state index in [-0.39, 0.29) is 5.91 Å². The van der Waals surface area contributed by atoms with Crippen molar-refractivity contribution in [1.29, 1.82) is 0 Å². The lowest BCUT2D eigenvalue weighted by Crippen LogP contribution is -2.15. The number of aryl methyl sites for hydroxylation is 1. The minimum atomic E-state index is -0.202. The number of hydrogen-bond donors (Lipinski definition) is 2. The number of carbonyl (C=O) groups excluding carboxylic acids is 1. The molecule has 6 nitrogen and oxygen atoms in total. The van der Waals surface area contributed by atoms with E-state index in [0.29, 0.717) is 17.3 Å². The molecule has 0 bridgehead atoms. The Hall–Kier alpha value is -4.19. The van der Waals surface area contributed by atoms with Gasteiger partial charge in [-0.15, -0.1) is 0 Å². The van der Waals surface area contributed by atoms with Crippen molar-refractivity contribution in [2.24, 2.45) is 0 Å². The lowest BCUT2D eigenvalue weighted by molar-refractivity contribution is 0.102. The van der Waals surface area contributed by atoms with E-state index in [9.17, 15) is 4.79 Å². The molecule has 2 heterocycles. The Labute approximate surface area is 173 Å². The highest BCUT2D eigenvalue weighted by Crippen LogP contribution is 2.21. The van der Waals surface area contributed by atoms with Crippen molar-refractivity contribution in [2.75, 3.05) is 5.32 Å². The summed E-state index contributed by atoms with van der Waals surface area (Å²) in [7, 11) is 0. The molecule has 1 amide bonds. The van der Waals surface area contributed by atoms with Crippen LogP contribution < -0.4 is 5.32 Å². The third-order valence-corrected chi connectivity index (χ3v) is 4.90. The van der Waals surface area contributed by atoms with Crippen molar-refractivity contribution >= 4 is 22.8 Å². The maximum Gasteiger partial charge on any atom is 0.256 e. The van der Waals surface area contributed by atoms with Gasteiger partial charge in [-0.3, -0.25) is 4.79 Å². The van der Waals surface area contributed by atoms with Crippen LogP contribution in [-0.2, 0) is 0 Å². The second-order valence-corrected chi connectivity index (χ2v) is 7.06. The zero-order chi connectivity index (χ0) is 20.5. The van der Waals surface area contributed by atoms with Crippen molar-refractivity contribution in [3.63, 3.8) is 0 Å². The molecule has 30 heavy (non-hydrogen) atoms. The largest absolute Gasteiger partial charge is 0.322 e.